The number of carbonyl (C=O) groups excluding carboxylic acids is 1. The Morgan fingerprint density at radius 1 is 1.04 bits per heavy atom. The summed E-state index contributed by atoms with van der Waals surface area (Å²) in [6, 6.07) is 18.8. The Kier molecular flexibility index (Phi) is 4.99. The zero-order valence-electron chi connectivity index (χ0n) is 14.4. The Morgan fingerprint density at radius 2 is 1.89 bits per heavy atom. The summed E-state index contributed by atoms with van der Waals surface area (Å²) < 4.78 is 5.55. The van der Waals surface area contributed by atoms with Gasteiger partial charge in [-0.2, -0.15) is 0 Å². The molecule has 4 rings (SSSR count). The summed E-state index contributed by atoms with van der Waals surface area (Å²) in [5.41, 5.74) is 2.68. The topological polar surface area (TPSA) is 50.7 Å². The lowest BCUT2D eigenvalue weighted by Gasteiger charge is -2.11. The Bertz CT molecular complexity index is 1060. The fraction of sp³-hybridized carbons (Fsp3) is 0.0909. The van der Waals surface area contributed by atoms with Crippen molar-refractivity contribution in [1.29, 1.82) is 0 Å². The van der Waals surface area contributed by atoms with Crippen molar-refractivity contribution < 1.29 is 9.53 Å². The minimum Gasteiger partial charge on any atom is -0.475 e. The minimum atomic E-state index is -0.211. The lowest BCUT2D eigenvalue weighted by Crippen LogP contribution is -2.16. The highest BCUT2D eigenvalue weighted by molar-refractivity contribution is 7.10. The summed E-state index contributed by atoms with van der Waals surface area (Å²) in [5.74, 6) is 6.56. The molecule has 132 valence electrons. The van der Waals surface area contributed by atoms with Crippen molar-refractivity contribution in [3.8, 4) is 11.8 Å². The number of carbonyl (C=O) groups is 1. The number of anilines is 1. The molecule has 1 amide bonds. The van der Waals surface area contributed by atoms with Crippen LogP contribution in [0.15, 0.2) is 71.0 Å². The van der Waals surface area contributed by atoms with Crippen LogP contribution in [0, 0.1) is 11.8 Å². The molecule has 0 fully saturated rings. The fourth-order valence-corrected chi connectivity index (χ4v) is 3.31. The third kappa shape index (κ3) is 3.91. The van der Waals surface area contributed by atoms with E-state index in [0.29, 0.717) is 35.9 Å². The van der Waals surface area contributed by atoms with Gasteiger partial charge in [0.25, 0.3) is 5.91 Å². The van der Waals surface area contributed by atoms with E-state index in [1.54, 1.807) is 17.4 Å². The molecule has 1 aliphatic heterocycles. The van der Waals surface area contributed by atoms with Crippen molar-refractivity contribution in [2.45, 2.75) is 0 Å². The molecule has 2 heterocycles. The van der Waals surface area contributed by atoms with Gasteiger partial charge < -0.3 is 10.1 Å². The normalized spacial score (nSPS) is 12.5. The maximum Gasteiger partial charge on any atom is 0.256 e. The molecule has 0 saturated heterocycles. The molecule has 0 aliphatic carbocycles. The SMILES string of the molecule is O=C(Nc1ccccc1C1=NCCO1)c1ccccc1C#Cc1cccs1. The first-order valence-electron chi connectivity index (χ1n) is 8.54. The molecule has 0 spiro atoms. The second-order valence-electron chi connectivity index (χ2n) is 5.81. The number of benzene rings is 2. The van der Waals surface area contributed by atoms with Gasteiger partial charge in [-0.05, 0) is 35.7 Å². The summed E-state index contributed by atoms with van der Waals surface area (Å²) in [7, 11) is 0. The number of hydrogen-bond donors (Lipinski definition) is 1. The average Bonchev–Trinajstić information content (AvgIpc) is 3.41. The van der Waals surface area contributed by atoms with Gasteiger partial charge in [-0.1, -0.05) is 42.2 Å². The predicted molar refractivity (Wildman–Crippen MR) is 108 cm³/mol. The Hall–Kier alpha value is -3.36. The van der Waals surface area contributed by atoms with Crippen molar-refractivity contribution in [1.82, 2.24) is 0 Å². The number of nitrogens with zero attached hydrogens (tertiary/aromatic N) is 1. The zero-order valence-corrected chi connectivity index (χ0v) is 15.3. The molecule has 0 radical (unpaired) electrons. The monoisotopic (exact) mass is 372 g/mol. The molecule has 0 atom stereocenters. The number of amides is 1. The van der Waals surface area contributed by atoms with Crippen molar-refractivity contribution in [2.75, 3.05) is 18.5 Å². The van der Waals surface area contributed by atoms with Gasteiger partial charge in [0.2, 0.25) is 5.90 Å². The summed E-state index contributed by atoms with van der Waals surface area (Å²) in [6.45, 7) is 1.21. The van der Waals surface area contributed by atoms with Crippen LogP contribution in [-0.2, 0) is 4.74 Å². The molecular weight excluding hydrogens is 356 g/mol. The molecule has 3 aromatic rings. The zero-order chi connectivity index (χ0) is 18.5. The molecule has 0 bridgehead atoms. The van der Waals surface area contributed by atoms with Gasteiger partial charge in [0.1, 0.15) is 6.61 Å². The van der Waals surface area contributed by atoms with Crippen molar-refractivity contribution in [3.63, 3.8) is 0 Å². The molecule has 5 heteroatoms. The number of nitrogens with one attached hydrogen (secondary N) is 1. The van der Waals surface area contributed by atoms with E-state index >= 15 is 0 Å². The molecular formula is C22H16N2O2S. The maximum atomic E-state index is 12.9. The predicted octanol–water partition coefficient (Wildman–Crippen LogP) is 4.18. The molecule has 0 saturated carbocycles. The van der Waals surface area contributed by atoms with E-state index in [1.807, 2.05) is 60.0 Å². The highest BCUT2D eigenvalue weighted by Crippen LogP contribution is 2.20. The molecule has 1 N–H and O–H groups in total. The Labute approximate surface area is 161 Å². The minimum absolute atomic E-state index is 0.211. The summed E-state index contributed by atoms with van der Waals surface area (Å²) in [6.07, 6.45) is 0. The van der Waals surface area contributed by atoms with Crippen LogP contribution < -0.4 is 5.32 Å². The molecule has 1 aromatic heterocycles. The van der Waals surface area contributed by atoms with Crippen LogP contribution in [-0.4, -0.2) is 25.0 Å². The molecule has 2 aromatic carbocycles. The number of ether oxygens (including phenoxy) is 1. The van der Waals surface area contributed by atoms with Gasteiger partial charge in [-0.3, -0.25) is 4.79 Å². The third-order valence-electron chi connectivity index (χ3n) is 4.00. The van der Waals surface area contributed by atoms with E-state index in [0.717, 1.165) is 10.4 Å². The van der Waals surface area contributed by atoms with Crippen LogP contribution in [0.2, 0.25) is 0 Å². The van der Waals surface area contributed by atoms with E-state index < -0.39 is 0 Å². The van der Waals surface area contributed by atoms with Gasteiger partial charge in [0.15, 0.2) is 0 Å². The summed E-state index contributed by atoms with van der Waals surface area (Å²) in [5, 5.41) is 4.95. The molecule has 1 aliphatic rings. The van der Waals surface area contributed by atoms with Gasteiger partial charge in [0.05, 0.1) is 28.2 Å². The van der Waals surface area contributed by atoms with Crippen molar-refractivity contribution in [3.05, 3.63) is 87.6 Å². The van der Waals surface area contributed by atoms with Crippen LogP contribution in [0.25, 0.3) is 0 Å². The van der Waals surface area contributed by atoms with Crippen LogP contribution in [0.3, 0.4) is 0 Å². The quantitative estimate of drug-likeness (QED) is 0.702. The third-order valence-corrected chi connectivity index (χ3v) is 4.79. The number of para-hydroxylation sites is 1. The number of hydrogen-bond acceptors (Lipinski definition) is 4. The van der Waals surface area contributed by atoms with Crippen molar-refractivity contribution in [2.24, 2.45) is 4.99 Å². The maximum absolute atomic E-state index is 12.9. The molecule has 27 heavy (non-hydrogen) atoms. The summed E-state index contributed by atoms with van der Waals surface area (Å²) >= 11 is 1.57. The van der Waals surface area contributed by atoms with E-state index in [4.69, 9.17) is 4.74 Å². The van der Waals surface area contributed by atoms with E-state index in [9.17, 15) is 4.79 Å². The standard InChI is InChI=1S/C22H16N2O2S/c25-21(24-20-10-4-3-9-19(20)22-23-13-14-26-22)18-8-2-1-6-16(18)11-12-17-7-5-15-27-17/h1-10,15H,13-14H2,(H,24,25). The first-order chi connectivity index (χ1) is 13.3. The highest BCUT2D eigenvalue weighted by atomic mass is 32.1. The van der Waals surface area contributed by atoms with Gasteiger partial charge in [-0.15, -0.1) is 11.3 Å². The van der Waals surface area contributed by atoms with E-state index in [-0.39, 0.29) is 5.91 Å². The second kappa shape index (κ2) is 7.90. The van der Waals surface area contributed by atoms with Gasteiger partial charge in [-0.25, -0.2) is 4.99 Å². The lowest BCUT2D eigenvalue weighted by molar-refractivity contribution is 0.102. The first-order valence-corrected chi connectivity index (χ1v) is 9.42. The number of rotatable bonds is 3. The summed E-state index contributed by atoms with van der Waals surface area (Å²) in [4.78, 5) is 18.2. The second-order valence-corrected chi connectivity index (χ2v) is 6.76. The largest absolute Gasteiger partial charge is 0.475 e. The average molecular weight is 372 g/mol. The smallest absolute Gasteiger partial charge is 0.256 e. The molecule has 0 unspecified atom stereocenters. The van der Waals surface area contributed by atoms with Crippen LogP contribution in [0.1, 0.15) is 26.4 Å². The van der Waals surface area contributed by atoms with E-state index in [2.05, 4.69) is 22.2 Å². The van der Waals surface area contributed by atoms with Crippen molar-refractivity contribution >= 4 is 28.8 Å². The Balaban J connectivity index is 1.62. The van der Waals surface area contributed by atoms with E-state index in [1.165, 1.54) is 0 Å². The Morgan fingerprint density at radius 3 is 2.70 bits per heavy atom. The van der Waals surface area contributed by atoms with Crippen LogP contribution in [0.4, 0.5) is 5.69 Å². The number of thiophene rings is 1. The van der Waals surface area contributed by atoms with Gasteiger partial charge in [0, 0.05) is 5.56 Å². The molecule has 4 nitrogen and oxygen atoms in total. The first kappa shape index (κ1) is 17.1. The van der Waals surface area contributed by atoms with Gasteiger partial charge >= 0.3 is 0 Å². The lowest BCUT2D eigenvalue weighted by atomic mass is 10.1. The number of aliphatic imine (C=N–C) groups is 1. The van der Waals surface area contributed by atoms with Crippen LogP contribution >= 0.6 is 11.3 Å². The fourth-order valence-electron chi connectivity index (χ4n) is 2.74. The van der Waals surface area contributed by atoms with Crippen LogP contribution in [0.5, 0.6) is 0 Å². The highest BCUT2D eigenvalue weighted by Gasteiger charge is 2.17.